The number of rotatable bonds is 9. The van der Waals surface area contributed by atoms with Crippen LogP contribution in [0.3, 0.4) is 0 Å². The number of primary amides is 1. The van der Waals surface area contributed by atoms with Gasteiger partial charge in [-0.1, -0.05) is 6.92 Å². The van der Waals surface area contributed by atoms with Gasteiger partial charge in [0.15, 0.2) is 0 Å². The van der Waals surface area contributed by atoms with Gasteiger partial charge < -0.3 is 15.6 Å². The first kappa shape index (κ1) is 14.7. The monoisotopic (exact) mass is 252 g/mol. The maximum Gasteiger partial charge on any atom is 0.237 e. The Bertz CT molecular complexity index is 350. The molecule has 1 aromatic rings. The number of nitrogens with one attached hydrogen (secondary N) is 1. The molecule has 0 saturated heterocycles. The zero-order valence-corrected chi connectivity index (χ0v) is 11.4. The number of unbranched alkanes of at least 4 members (excludes halogenated alkanes) is 1. The number of imidazole rings is 1. The van der Waals surface area contributed by atoms with Gasteiger partial charge in [-0.05, 0) is 39.2 Å². The van der Waals surface area contributed by atoms with Crippen LogP contribution in [0, 0.1) is 0 Å². The molecule has 1 unspecified atom stereocenters. The zero-order valence-electron chi connectivity index (χ0n) is 11.4. The molecule has 102 valence electrons. The maximum absolute atomic E-state index is 11.5. The van der Waals surface area contributed by atoms with Crippen LogP contribution in [-0.4, -0.2) is 27.5 Å². The van der Waals surface area contributed by atoms with Crippen LogP contribution in [0.5, 0.6) is 0 Å². The molecule has 5 heteroatoms. The summed E-state index contributed by atoms with van der Waals surface area (Å²) in [5, 5.41) is 3.25. The van der Waals surface area contributed by atoms with Crippen LogP contribution in [0.2, 0.25) is 0 Å². The Labute approximate surface area is 109 Å². The van der Waals surface area contributed by atoms with Crippen LogP contribution in [0.15, 0.2) is 18.7 Å². The predicted molar refractivity (Wildman–Crippen MR) is 72.0 cm³/mol. The summed E-state index contributed by atoms with van der Waals surface area (Å²) in [5.74, 6) is -0.265. The molecule has 0 bridgehead atoms. The largest absolute Gasteiger partial charge is 0.368 e. The van der Waals surface area contributed by atoms with Crippen LogP contribution in [0.25, 0.3) is 0 Å². The molecule has 0 aromatic carbocycles. The summed E-state index contributed by atoms with van der Waals surface area (Å²) in [4.78, 5) is 15.5. The molecule has 0 aliphatic carbocycles. The first-order valence-electron chi connectivity index (χ1n) is 6.59. The Morgan fingerprint density at radius 2 is 2.28 bits per heavy atom. The molecule has 1 atom stereocenters. The average molecular weight is 252 g/mol. The summed E-state index contributed by atoms with van der Waals surface area (Å²) in [7, 11) is 0. The van der Waals surface area contributed by atoms with Crippen molar-refractivity contribution in [3.8, 4) is 0 Å². The molecule has 0 aliphatic heterocycles. The lowest BCUT2D eigenvalue weighted by Crippen LogP contribution is -2.53. The minimum Gasteiger partial charge on any atom is -0.368 e. The number of aromatic nitrogens is 2. The molecule has 1 aromatic heterocycles. The van der Waals surface area contributed by atoms with Gasteiger partial charge in [0.2, 0.25) is 5.91 Å². The second kappa shape index (κ2) is 7.16. The molecular formula is C13H24N4O. The van der Waals surface area contributed by atoms with Crippen molar-refractivity contribution >= 4 is 5.91 Å². The van der Waals surface area contributed by atoms with E-state index < -0.39 is 5.54 Å². The van der Waals surface area contributed by atoms with E-state index in [4.69, 9.17) is 5.73 Å². The summed E-state index contributed by atoms with van der Waals surface area (Å²) in [6.07, 6.45) is 9.29. The summed E-state index contributed by atoms with van der Waals surface area (Å²) in [5.41, 5.74) is 4.89. The molecule has 0 saturated carbocycles. The van der Waals surface area contributed by atoms with Crippen LogP contribution in [-0.2, 0) is 11.3 Å². The summed E-state index contributed by atoms with van der Waals surface area (Å²) in [6.45, 7) is 5.72. The van der Waals surface area contributed by atoms with E-state index in [-0.39, 0.29) is 5.91 Å². The van der Waals surface area contributed by atoms with Crippen LogP contribution < -0.4 is 11.1 Å². The average Bonchev–Trinajstić information content (AvgIpc) is 2.85. The van der Waals surface area contributed by atoms with E-state index in [1.807, 2.05) is 24.0 Å². The van der Waals surface area contributed by atoms with Crippen molar-refractivity contribution in [3.63, 3.8) is 0 Å². The molecule has 0 aliphatic rings. The molecule has 1 rings (SSSR count). The van der Waals surface area contributed by atoms with Crippen molar-refractivity contribution < 1.29 is 4.79 Å². The Morgan fingerprint density at radius 1 is 1.50 bits per heavy atom. The number of hydrogen-bond donors (Lipinski definition) is 2. The van der Waals surface area contributed by atoms with E-state index in [1.165, 1.54) is 0 Å². The number of nitrogens with zero attached hydrogens (tertiary/aromatic N) is 2. The highest BCUT2D eigenvalue weighted by Gasteiger charge is 2.29. The topological polar surface area (TPSA) is 72.9 Å². The lowest BCUT2D eigenvalue weighted by atomic mass is 9.93. The van der Waals surface area contributed by atoms with Crippen molar-refractivity contribution in [2.75, 3.05) is 6.54 Å². The fourth-order valence-corrected chi connectivity index (χ4v) is 1.89. The van der Waals surface area contributed by atoms with Crippen molar-refractivity contribution in [2.45, 2.75) is 51.6 Å². The van der Waals surface area contributed by atoms with Crippen LogP contribution in [0.1, 0.15) is 39.5 Å². The molecule has 0 fully saturated rings. The van der Waals surface area contributed by atoms with Crippen LogP contribution in [0.4, 0.5) is 0 Å². The van der Waals surface area contributed by atoms with E-state index in [0.29, 0.717) is 0 Å². The summed E-state index contributed by atoms with van der Waals surface area (Å²) in [6, 6.07) is 0. The minimum absolute atomic E-state index is 0.265. The van der Waals surface area contributed by atoms with Gasteiger partial charge in [-0.15, -0.1) is 0 Å². The standard InChI is InChI=1S/C13H24N4O/c1-3-7-16-13(2,12(14)18)6-4-5-9-17-10-8-15-11-17/h8,10-11,16H,3-7,9H2,1-2H3,(H2,14,18). The molecule has 1 amide bonds. The number of carbonyl (C=O) groups is 1. The van der Waals surface area contributed by atoms with Gasteiger partial charge in [-0.3, -0.25) is 4.79 Å². The van der Waals surface area contributed by atoms with Gasteiger partial charge in [0.05, 0.1) is 11.9 Å². The summed E-state index contributed by atoms with van der Waals surface area (Å²) >= 11 is 0. The van der Waals surface area contributed by atoms with E-state index in [9.17, 15) is 4.79 Å². The third kappa shape index (κ3) is 4.49. The normalized spacial score (nSPS) is 14.3. The van der Waals surface area contributed by atoms with E-state index in [0.717, 1.165) is 38.8 Å². The van der Waals surface area contributed by atoms with E-state index in [1.54, 1.807) is 6.20 Å². The molecule has 1 heterocycles. The number of amides is 1. The minimum atomic E-state index is -0.578. The van der Waals surface area contributed by atoms with Crippen molar-refractivity contribution in [1.82, 2.24) is 14.9 Å². The molecule has 5 nitrogen and oxygen atoms in total. The fraction of sp³-hybridized carbons (Fsp3) is 0.692. The lowest BCUT2D eigenvalue weighted by molar-refractivity contribution is -0.124. The molecule has 0 radical (unpaired) electrons. The van der Waals surface area contributed by atoms with Gasteiger partial charge >= 0.3 is 0 Å². The zero-order chi connectivity index (χ0) is 13.4. The number of nitrogens with two attached hydrogens (primary N) is 1. The molecule has 18 heavy (non-hydrogen) atoms. The number of carbonyl (C=O) groups excluding carboxylic acids is 1. The van der Waals surface area contributed by atoms with Crippen molar-refractivity contribution in [1.29, 1.82) is 0 Å². The quantitative estimate of drug-likeness (QED) is 0.651. The highest BCUT2D eigenvalue weighted by Crippen LogP contribution is 2.14. The predicted octanol–water partition coefficient (Wildman–Crippen LogP) is 1.30. The van der Waals surface area contributed by atoms with Gasteiger partial charge in [0.25, 0.3) is 0 Å². The van der Waals surface area contributed by atoms with Gasteiger partial charge in [0.1, 0.15) is 0 Å². The molecule has 3 N–H and O–H groups in total. The van der Waals surface area contributed by atoms with Gasteiger partial charge in [-0.25, -0.2) is 4.98 Å². The van der Waals surface area contributed by atoms with E-state index >= 15 is 0 Å². The Morgan fingerprint density at radius 3 is 2.83 bits per heavy atom. The molecular weight excluding hydrogens is 228 g/mol. The first-order valence-corrected chi connectivity index (χ1v) is 6.59. The third-order valence-electron chi connectivity index (χ3n) is 3.21. The fourth-order valence-electron chi connectivity index (χ4n) is 1.89. The van der Waals surface area contributed by atoms with Crippen molar-refractivity contribution in [2.24, 2.45) is 5.73 Å². The first-order chi connectivity index (χ1) is 8.58. The Kier molecular flexibility index (Phi) is 5.85. The highest BCUT2D eigenvalue weighted by atomic mass is 16.1. The van der Waals surface area contributed by atoms with Gasteiger partial charge in [0, 0.05) is 18.9 Å². The maximum atomic E-state index is 11.5. The van der Waals surface area contributed by atoms with Gasteiger partial charge in [-0.2, -0.15) is 0 Å². The molecule has 0 spiro atoms. The summed E-state index contributed by atoms with van der Waals surface area (Å²) < 4.78 is 2.04. The Balaban J connectivity index is 2.31. The number of aryl methyl sites for hydroxylation is 1. The second-order valence-electron chi connectivity index (χ2n) is 4.88. The SMILES string of the molecule is CCCNC(C)(CCCCn1ccnc1)C(N)=O. The van der Waals surface area contributed by atoms with Crippen LogP contribution >= 0.6 is 0 Å². The lowest BCUT2D eigenvalue weighted by Gasteiger charge is -2.27. The number of hydrogen-bond acceptors (Lipinski definition) is 3. The van der Waals surface area contributed by atoms with E-state index in [2.05, 4.69) is 17.2 Å². The highest BCUT2D eigenvalue weighted by molar-refractivity contribution is 5.84. The second-order valence-corrected chi connectivity index (χ2v) is 4.88. The smallest absolute Gasteiger partial charge is 0.237 e. The van der Waals surface area contributed by atoms with Crippen molar-refractivity contribution in [3.05, 3.63) is 18.7 Å². The third-order valence-corrected chi connectivity index (χ3v) is 3.21. The Hall–Kier alpha value is -1.36.